The molecule has 53 heavy (non-hydrogen) atoms. The van der Waals surface area contributed by atoms with E-state index in [2.05, 4.69) is 16.3 Å². The summed E-state index contributed by atoms with van der Waals surface area (Å²) in [7, 11) is 1.61. The number of rotatable bonds is 10. The van der Waals surface area contributed by atoms with E-state index in [4.69, 9.17) is 49.3 Å². The maximum absolute atomic E-state index is 14.7. The van der Waals surface area contributed by atoms with Crippen molar-refractivity contribution in [2.45, 2.75) is 90.0 Å². The first-order valence-electron chi connectivity index (χ1n) is 18.3. The molecule has 1 aromatic heterocycles. The average molecular weight is 785 g/mol. The van der Waals surface area contributed by atoms with Crippen LogP contribution in [0, 0.1) is 12.8 Å². The van der Waals surface area contributed by atoms with Crippen LogP contribution in [0.5, 0.6) is 5.75 Å². The summed E-state index contributed by atoms with van der Waals surface area (Å²) in [4.78, 5) is 50.8. The van der Waals surface area contributed by atoms with Crippen LogP contribution in [0.25, 0.3) is 0 Å². The molecule has 1 aliphatic carbocycles. The Kier molecular flexibility index (Phi) is 12.0. The number of hydrogen-bond donors (Lipinski definition) is 1. The Labute approximate surface area is 327 Å². The summed E-state index contributed by atoms with van der Waals surface area (Å²) in [5.74, 6) is 0.499. The van der Waals surface area contributed by atoms with E-state index < -0.39 is 17.6 Å². The van der Waals surface area contributed by atoms with Gasteiger partial charge in [0.25, 0.3) is 0 Å². The highest BCUT2D eigenvalue weighted by Crippen LogP contribution is 2.40. The highest BCUT2D eigenvalue weighted by atomic mass is 35.5. The maximum Gasteiger partial charge on any atom is 0.410 e. The third-order valence-electron chi connectivity index (χ3n) is 10.0. The standard InChI is InChI=1S/C40H48Cl3N5O5/c1-24-16-33(42)37(34(43)17-24)52-29-12-14-46(22-29)35-11-7-26(20-45-35)30-13-15-47(39(51)53-40(2,3)4)23-31(30)38(50)48(28-8-9-28)21-27-18-25(6-10-32(27)41)19-36(49)44-5/h6-7,10-11,16-18,20,28-31H,8-9,12-15,19,21-23H2,1-5H3,(H,44,49)/t29-,30+,31-/m1/s1. The van der Waals surface area contributed by atoms with Gasteiger partial charge in [0.15, 0.2) is 5.75 Å². The van der Waals surface area contributed by atoms with Crippen LogP contribution in [0.4, 0.5) is 10.6 Å². The maximum atomic E-state index is 14.7. The number of anilines is 1. The van der Waals surface area contributed by atoms with Crippen LogP contribution in [-0.4, -0.2) is 83.7 Å². The zero-order valence-electron chi connectivity index (χ0n) is 31.0. The summed E-state index contributed by atoms with van der Waals surface area (Å²) in [6.45, 7) is 9.84. The third kappa shape index (κ3) is 9.69. The minimum atomic E-state index is -0.665. The molecule has 3 aromatic rings. The lowest BCUT2D eigenvalue weighted by Crippen LogP contribution is -2.51. The first kappa shape index (κ1) is 39.0. The van der Waals surface area contributed by atoms with E-state index in [9.17, 15) is 14.4 Å². The molecule has 1 saturated carbocycles. The number of aryl methyl sites for hydroxylation is 1. The van der Waals surface area contributed by atoms with E-state index in [0.717, 1.165) is 53.9 Å². The molecule has 0 bridgehead atoms. The predicted molar refractivity (Wildman–Crippen MR) is 208 cm³/mol. The van der Waals surface area contributed by atoms with Gasteiger partial charge in [-0.05, 0) is 93.5 Å². The van der Waals surface area contributed by atoms with Gasteiger partial charge in [-0.1, -0.05) is 53.0 Å². The fourth-order valence-electron chi connectivity index (χ4n) is 7.20. The largest absolute Gasteiger partial charge is 0.485 e. The monoisotopic (exact) mass is 783 g/mol. The molecular weight excluding hydrogens is 737 g/mol. The number of nitrogens with one attached hydrogen (secondary N) is 1. The van der Waals surface area contributed by atoms with E-state index in [-0.39, 0.29) is 42.8 Å². The second-order valence-electron chi connectivity index (χ2n) is 15.4. The van der Waals surface area contributed by atoms with Crippen molar-refractivity contribution in [1.29, 1.82) is 0 Å². The van der Waals surface area contributed by atoms with Gasteiger partial charge in [0.05, 0.1) is 28.9 Å². The van der Waals surface area contributed by atoms with Crippen LogP contribution in [0.2, 0.25) is 15.1 Å². The number of piperidine rings is 1. The van der Waals surface area contributed by atoms with Crippen LogP contribution in [-0.2, 0) is 27.3 Å². The summed E-state index contributed by atoms with van der Waals surface area (Å²) in [6, 6.07) is 13.4. The smallest absolute Gasteiger partial charge is 0.410 e. The summed E-state index contributed by atoms with van der Waals surface area (Å²) in [5.41, 5.74) is 2.86. The first-order chi connectivity index (χ1) is 25.2. The quantitative estimate of drug-likeness (QED) is 0.224. The number of carbonyl (C=O) groups excluding carboxylic acids is 3. The minimum Gasteiger partial charge on any atom is -0.485 e. The molecular formula is C40H48Cl3N5O5. The van der Waals surface area contributed by atoms with Gasteiger partial charge in [-0.15, -0.1) is 0 Å². The molecule has 2 aromatic carbocycles. The van der Waals surface area contributed by atoms with Gasteiger partial charge in [0.2, 0.25) is 11.8 Å². The molecule has 1 N–H and O–H groups in total. The zero-order chi connectivity index (χ0) is 38.0. The van der Waals surface area contributed by atoms with E-state index in [0.29, 0.717) is 46.9 Å². The molecule has 10 nitrogen and oxygen atoms in total. The van der Waals surface area contributed by atoms with Crippen molar-refractivity contribution in [3.8, 4) is 5.75 Å². The summed E-state index contributed by atoms with van der Waals surface area (Å²) >= 11 is 19.6. The van der Waals surface area contributed by atoms with E-state index >= 15 is 0 Å². The van der Waals surface area contributed by atoms with Gasteiger partial charge in [-0.2, -0.15) is 0 Å². The number of halogens is 3. The van der Waals surface area contributed by atoms with E-state index in [1.165, 1.54) is 0 Å². The topological polar surface area (TPSA) is 104 Å². The van der Waals surface area contributed by atoms with Crippen LogP contribution in [0.3, 0.4) is 0 Å². The van der Waals surface area contributed by atoms with Crippen LogP contribution >= 0.6 is 34.8 Å². The molecule has 3 aliphatic rings. The number of nitrogens with zero attached hydrogens (tertiary/aromatic N) is 4. The Bertz CT molecular complexity index is 1810. The van der Waals surface area contributed by atoms with Crippen molar-refractivity contribution >= 4 is 58.5 Å². The predicted octanol–water partition coefficient (Wildman–Crippen LogP) is 7.83. The number of amides is 3. The lowest BCUT2D eigenvalue weighted by Gasteiger charge is -2.40. The van der Waals surface area contributed by atoms with Crippen LogP contribution in [0.1, 0.15) is 74.6 Å². The van der Waals surface area contributed by atoms with Gasteiger partial charge in [0.1, 0.15) is 17.5 Å². The van der Waals surface area contributed by atoms with Gasteiger partial charge >= 0.3 is 6.09 Å². The van der Waals surface area contributed by atoms with Crippen molar-refractivity contribution in [2.24, 2.45) is 5.92 Å². The molecule has 13 heteroatoms. The Balaban J connectivity index is 1.21. The van der Waals surface area contributed by atoms with Crippen LogP contribution < -0.4 is 15.0 Å². The van der Waals surface area contributed by atoms with Crippen molar-refractivity contribution in [3.63, 3.8) is 0 Å². The molecule has 284 valence electrons. The highest BCUT2D eigenvalue weighted by molar-refractivity contribution is 6.37. The van der Waals surface area contributed by atoms with Gasteiger partial charge in [0, 0.05) is 62.8 Å². The zero-order valence-corrected chi connectivity index (χ0v) is 33.2. The molecule has 6 rings (SSSR count). The van der Waals surface area contributed by atoms with Crippen molar-refractivity contribution < 1.29 is 23.9 Å². The average Bonchev–Trinajstić information content (AvgIpc) is 3.85. The van der Waals surface area contributed by atoms with Gasteiger partial charge < -0.3 is 29.5 Å². The molecule has 3 heterocycles. The highest BCUT2D eigenvalue weighted by Gasteiger charge is 2.43. The normalized spacial score (nSPS) is 20.3. The fraction of sp³-hybridized carbons (Fsp3) is 0.500. The number of pyridine rings is 1. The molecule has 0 spiro atoms. The number of likely N-dealkylation sites (N-methyl/N-ethyl adjacent to an activating group) is 1. The van der Waals surface area contributed by atoms with E-state index in [1.54, 1.807) is 18.0 Å². The fourth-order valence-corrected chi connectivity index (χ4v) is 8.06. The number of aromatic nitrogens is 1. The van der Waals surface area contributed by atoms with E-state index in [1.807, 2.05) is 69.1 Å². The molecule has 2 saturated heterocycles. The second kappa shape index (κ2) is 16.3. The first-order valence-corrected chi connectivity index (χ1v) is 19.4. The molecule has 3 fully saturated rings. The minimum absolute atomic E-state index is 0.0319. The molecule has 3 amide bonds. The molecule has 2 aliphatic heterocycles. The Morgan fingerprint density at radius 3 is 2.32 bits per heavy atom. The number of likely N-dealkylation sites (tertiary alicyclic amines) is 1. The summed E-state index contributed by atoms with van der Waals surface area (Å²) in [6.07, 6.45) is 4.72. The summed E-state index contributed by atoms with van der Waals surface area (Å²) < 4.78 is 12.0. The van der Waals surface area contributed by atoms with Crippen molar-refractivity contribution in [3.05, 3.63) is 86.0 Å². The Morgan fingerprint density at radius 2 is 1.68 bits per heavy atom. The summed E-state index contributed by atoms with van der Waals surface area (Å²) in [5, 5.41) is 4.19. The number of ether oxygens (including phenoxy) is 2. The van der Waals surface area contributed by atoms with Crippen molar-refractivity contribution in [1.82, 2.24) is 20.1 Å². The Hall–Kier alpha value is -3.73. The third-order valence-corrected chi connectivity index (χ3v) is 11.0. The molecule has 3 atom stereocenters. The second-order valence-corrected chi connectivity index (χ2v) is 16.6. The Morgan fingerprint density at radius 1 is 0.943 bits per heavy atom. The van der Waals surface area contributed by atoms with Crippen molar-refractivity contribution in [2.75, 3.05) is 38.1 Å². The van der Waals surface area contributed by atoms with Gasteiger partial charge in [-0.3, -0.25) is 9.59 Å². The lowest BCUT2D eigenvalue weighted by molar-refractivity contribution is -0.139. The number of hydrogen-bond acceptors (Lipinski definition) is 7. The molecule has 0 radical (unpaired) electrons. The molecule has 0 unspecified atom stereocenters. The lowest BCUT2D eigenvalue weighted by atomic mass is 9.80. The number of benzene rings is 2. The number of carbonyl (C=O) groups is 3. The van der Waals surface area contributed by atoms with Gasteiger partial charge in [-0.25, -0.2) is 9.78 Å². The SMILES string of the molecule is CNC(=O)Cc1ccc(Cl)c(CN(C(=O)[C@@H]2CN(C(=O)OC(C)(C)C)CC[C@H]2c2ccc(N3CC[C@@H](Oc4c(Cl)cc(C)cc4Cl)C3)nc2)C2CC2)c1. The van der Waals surface area contributed by atoms with Crippen LogP contribution in [0.15, 0.2) is 48.7 Å².